The Morgan fingerprint density at radius 1 is 1.00 bits per heavy atom. The van der Waals surface area contributed by atoms with Crippen LogP contribution in [0.1, 0.15) is 12.6 Å². The van der Waals surface area contributed by atoms with E-state index in [4.69, 9.17) is 0 Å². The topological polar surface area (TPSA) is 54.7 Å². The zero-order valence-corrected chi connectivity index (χ0v) is 15.2. The summed E-state index contributed by atoms with van der Waals surface area (Å²) in [5.41, 5.74) is 1.65. The third-order valence-electron chi connectivity index (χ3n) is 4.54. The number of sulfonamides is 1. The van der Waals surface area contributed by atoms with E-state index in [-0.39, 0.29) is 6.54 Å². The largest absolute Gasteiger partial charge is 0.303 e. The van der Waals surface area contributed by atoms with Crippen molar-refractivity contribution in [1.29, 1.82) is 0 Å². The van der Waals surface area contributed by atoms with Crippen LogP contribution in [0.2, 0.25) is 0 Å². The van der Waals surface area contributed by atoms with Crippen molar-refractivity contribution in [2.45, 2.75) is 18.4 Å². The second-order valence-electron chi connectivity index (χ2n) is 6.12. The minimum Gasteiger partial charge on any atom is -0.303 e. The first-order valence-electron chi connectivity index (χ1n) is 8.49. The Bertz CT molecular complexity index is 1180. The van der Waals surface area contributed by atoms with Crippen molar-refractivity contribution in [2.75, 3.05) is 6.54 Å². The average molecular weight is 365 g/mol. The van der Waals surface area contributed by atoms with Crippen LogP contribution in [0.25, 0.3) is 16.4 Å². The van der Waals surface area contributed by atoms with E-state index in [0.29, 0.717) is 11.4 Å². The Morgan fingerprint density at radius 3 is 2.58 bits per heavy atom. The molecule has 2 aromatic heterocycles. The Hall–Kier alpha value is -2.70. The van der Waals surface area contributed by atoms with Crippen LogP contribution in [0, 0.1) is 0 Å². The molecule has 0 bridgehead atoms. The van der Waals surface area contributed by atoms with E-state index in [0.717, 1.165) is 22.1 Å². The number of imidazole rings is 1. The molecule has 2 heterocycles. The second kappa shape index (κ2) is 6.55. The highest BCUT2D eigenvalue weighted by molar-refractivity contribution is 7.89. The Kier molecular flexibility index (Phi) is 4.22. The number of fused-ring (bicyclic) bond motifs is 2. The molecule has 0 amide bonds. The lowest BCUT2D eigenvalue weighted by Crippen LogP contribution is -2.30. The summed E-state index contributed by atoms with van der Waals surface area (Å²) in [6.07, 6.45) is 3.63. The molecule has 0 atom stereocenters. The molecule has 2 aromatic carbocycles. The molecule has 4 aromatic rings. The van der Waals surface area contributed by atoms with Crippen LogP contribution in [-0.4, -0.2) is 28.7 Å². The monoisotopic (exact) mass is 365 g/mol. The third-order valence-corrected chi connectivity index (χ3v) is 6.46. The second-order valence-corrected chi connectivity index (χ2v) is 8.06. The lowest BCUT2D eigenvalue weighted by molar-refractivity contribution is 0.418. The standard InChI is InChI=1S/C20H19N3O2S/c1-2-22(15-18-14-21-20-9-5-6-12-23(18)20)26(24,25)19-11-10-16-7-3-4-8-17(16)13-19/h3-14H,2,15H2,1H3. The number of nitrogens with zero attached hydrogens (tertiary/aromatic N) is 3. The molecule has 6 heteroatoms. The normalized spacial score (nSPS) is 12.2. The molecule has 0 N–H and O–H groups in total. The maximum Gasteiger partial charge on any atom is 0.243 e. The fourth-order valence-corrected chi connectivity index (χ4v) is 4.58. The van der Waals surface area contributed by atoms with E-state index in [9.17, 15) is 8.42 Å². The van der Waals surface area contributed by atoms with Crippen LogP contribution in [0.5, 0.6) is 0 Å². The van der Waals surface area contributed by atoms with Crippen LogP contribution >= 0.6 is 0 Å². The molecule has 26 heavy (non-hydrogen) atoms. The summed E-state index contributed by atoms with van der Waals surface area (Å²) in [6, 6.07) is 18.7. The van der Waals surface area contributed by atoms with E-state index in [1.54, 1.807) is 18.3 Å². The van der Waals surface area contributed by atoms with Crippen LogP contribution in [-0.2, 0) is 16.6 Å². The summed E-state index contributed by atoms with van der Waals surface area (Å²) in [6.45, 7) is 2.51. The van der Waals surface area contributed by atoms with Crippen molar-refractivity contribution in [3.05, 3.63) is 78.8 Å². The molecule has 0 aliphatic heterocycles. The summed E-state index contributed by atoms with van der Waals surface area (Å²) < 4.78 is 29.7. The van der Waals surface area contributed by atoms with E-state index < -0.39 is 10.0 Å². The Balaban J connectivity index is 1.72. The van der Waals surface area contributed by atoms with Gasteiger partial charge in [0.1, 0.15) is 5.65 Å². The Labute approximate surface area is 152 Å². The van der Waals surface area contributed by atoms with Crippen molar-refractivity contribution in [3.8, 4) is 0 Å². The molecule has 0 radical (unpaired) electrons. The van der Waals surface area contributed by atoms with Crippen molar-refractivity contribution in [3.63, 3.8) is 0 Å². The van der Waals surface area contributed by atoms with Gasteiger partial charge in [-0.25, -0.2) is 13.4 Å². The van der Waals surface area contributed by atoms with Gasteiger partial charge in [0, 0.05) is 12.7 Å². The number of pyridine rings is 1. The van der Waals surface area contributed by atoms with E-state index in [2.05, 4.69) is 4.98 Å². The molecule has 0 saturated heterocycles. The first-order valence-corrected chi connectivity index (χ1v) is 9.93. The summed E-state index contributed by atoms with van der Waals surface area (Å²) >= 11 is 0. The quantitative estimate of drug-likeness (QED) is 0.542. The van der Waals surface area contributed by atoms with Gasteiger partial charge in [-0.05, 0) is 35.0 Å². The molecule has 132 valence electrons. The minimum atomic E-state index is -3.60. The lowest BCUT2D eigenvalue weighted by atomic mass is 10.1. The van der Waals surface area contributed by atoms with Gasteiger partial charge >= 0.3 is 0 Å². The van der Waals surface area contributed by atoms with Crippen LogP contribution < -0.4 is 0 Å². The number of rotatable bonds is 5. The predicted molar refractivity (Wildman–Crippen MR) is 102 cm³/mol. The molecular weight excluding hydrogens is 346 g/mol. The fraction of sp³-hybridized carbons (Fsp3) is 0.150. The number of hydrogen-bond acceptors (Lipinski definition) is 3. The predicted octanol–water partition coefficient (Wildman–Crippen LogP) is 3.70. The summed E-state index contributed by atoms with van der Waals surface area (Å²) in [4.78, 5) is 4.66. The Morgan fingerprint density at radius 2 is 1.77 bits per heavy atom. The highest BCUT2D eigenvalue weighted by Crippen LogP contribution is 2.23. The molecule has 0 spiro atoms. The first kappa shape index (κ1) is 16.8. The van der Waals surface area contributed by atoms with E-state index >= 15 is 0 Å². The van der Waals surface area contributed by atoms with Crippen molar-refractivity contribution in [2.24, 2.45) is 0 Å². The van der Waals surface area contributed by atoms with Crippen molar-refractivity contribution < 1.29 is 8.42 Å². The summed E-state index contributed by atoms with van der Waals surface area (Å²) in [7, 11) is -3.60. The van der Waals surface area contributed by atoms with Gasteiger partial charge < -0.3 is 4.40 Å². The van der Waals surface area contributed by atoms with Gasteiger partial charge in [-0.2, -0.15) is 4.31 Å². The smallest absolute Gasteiger partial charge is 0.243 e. The molecule has 5 nitrogen and oxygen atoms in total. The van der Waals surface area contributed by atoms with E-state index in [1.807, 2.05) is 66.1 Å². The average Bonchev–Trinajstić information content (AvgIpc) is 3.08. The SMILES string of the molecule is CCN(Cc1cnc2ccccn12)S(=O)(=O)c1ccc2ccccc2c1. The van der Waals surface area contributed by atoms with Gasteiger partial charge in [-0.1, -0.05) is 43.3 Å². The highest BCUT2D eigenvalue weighted by Gasteiger charge is 2.24. The highest BCUT2D eigenvalue weighted by atomic mass is 32.2. The van der Waals surface area contributed by atoms with Crippen LogP contribution in [0.4, 0.5) is 0 Å². The van der Waals surface area contributed by atoms with Gasteiger partial charge in [-0.15, -0.1) is 0 Å². The van der Waals surface area contributed by atoms with Crippen LogP contribution in [0.15, 0.2) is 78.0 Å². The molecule has 0 aliphatic rings. The van der Waals surface area contributed by atoms with Crippen molar-refractivity contribution >= 4 is 26.4 Å². The van der Waals surface area contributed by atoms with E-state index in [1.165, 1.54) is 4.31 Å². The number of benzene rings is 2. The number of aromatic nitrogens is 2. The fourth-order valence-electron chi connectivity index (χ4n) is 3.13. The van der Waals surface area contributed by atoms with Crippen LogP contribution in [0.3, 0.4) is 0 Å². The summed E-state index contributed by atoms with van der Waals surface area (Å²) in [5, 5.41) is 1.94. The van der Waals surface area contributed by atoms with Gasteiger partial charge in [0.15, 0.2) is 0 Å². The zero-order chi connectivity index (χ0) is 18.1. The molecule has 4 rings (SSSR count). The minimum absolute atomic E-state index is 0.275. The van der Waals surface area contributed by atoms with Gasteiger partial charge in [-0.3, -0.25) is 0 Å². The molecule has 0 unspecified atom stereocenters. The summed E-state index contributed by atoms with van der Waals surface area (Å²) in [5.74, 6) is 0. The van der Waals surface area contributed by atoms with Gasteiger partial charge in [0.2, 0.25) is 10.0 Å². The molecular formula is C20H19N3O2S. The maximum atomic E-state index is 13.2. The van der Waals surface area contributed by atoms with Gasteiger partial charge in [0.05, 0.1) is 23.3 Å². The van der Waals surface area contributed by atoms with Gasteiger partial charge in [0.25, 0.3) is 0 Å². The zero-order valence-electron chi connectivity index (χ0n) is 14.4. The molecule has 0 fully saturated rings. The first-order chi connectivity index (χ1) is 12.6. The molecule has 0 saturated carbocycles. The molecule has 0 aliphatic carbocycles. The van der Waals surface area contributed by atoms with Crippen molar-refractivity contribution in [1.82, 2.24) is 13.7 Å². The maximum absolute atomic E-state index is 13.2. The third kappa shape index (κ3) is 2.87. The number of hydrogen-bond donors (Lipinski definition) is 0. The lowest BCUT2D eigenvalue weighted by Gasteiger charge is -2.20.